The first-order valence-electron chi connectivity index (χ1n) is 7.23. The molecular formula is C16H24FNO3. The number of carbonyl (C=O) groups is 1. The summed E-state index contributed by atoms with van der Waals surface area (Å²) < 4.78 is 18.4. The van der Waals surface area contributed by atoms with E-state index in [1.165, 1.54) is 12.1 Å². The number of halogens is 1. The van der Waals surface area contributed by atoms with Gasteiger partial charge in [0.2, 0.25) is 0 Å². The molecule has 0 saturated heterocycles. The molecule has 0 aromatic heterocycles. The molecular weight excluding hydrogens is 273 g/mol. The van der Waals surface area contributed by atoms with Crippen LogP contribution < -0.4 is 10.1 Å². The summed E-state index contributed by atoms with van der Waals surface area (Å²) in [6.45, 7) is 5.99. The first-order valence-corrected chi connectivity index (χ1v) is 7.23. The first-order chi connectivity index (χ1) is 9.83. The van der Waals surface area contributed by atoms with Crippen LogP contribution in [0.3, 0.4) is 0 Å². The molecule has 0 fully saturated rings. The fourth-order valence-corrected chi connectivity index (χ4v) is 2.21. The number of aliphatic carboxylic acids is 1. The lowest BCUT2D eigenvalue weighted by Crippen LogP contribution is -2.52. The Morgan fingerprint density at radius 3 is 2.71 bits per heavy atom. The van der Waals surface area contributed by atoms with Gasteiger partial charge < -0.3 is 9.84 Å². The number of hydrogen-bond acceptors (Lipinski definition) is 3. The average molecular weight is 297 g/mol. The van der Waals surface area contributed by atoms with E-state index in [1.54, 1.807) is 19.1 Å². The molecule has 0 heterocycles. The van der Waals surface area contributed by atoms with E-state index in [-0.39, 0.29) is 11.9 Å². The maximum Gasteiger partial charge on any atom is 0.323 e. The summed E-state index contributed by atoms with van der Waals surface area (Å²) in [5.41, 5.74) is -0.924. The summed E-state index contributed by atoms with van der Waals surface area (Å²) >= 11 is 0. The number of carboxylic acids is 1. The minimum atomic E-state index is -0.924. The van der Waals surface area contributed by atoms with Gasteiger partial charge in [-0.05, 0) is 52.2 Å². The molecule has 4 nitrogen and oxygen atoms in total. The highest BCUT2D eigenvalue weighted by molar-refractivity contribution is 5.78. The lowest BCUT2D eigenvalue weighted by Gasteiger charge is -2.28. The molecule has 0 spiro atoms. The highest BCUT2D eigenvalue weighted by Crippen LogP contribution is 2.17. The van der Waals surface area contributed by atoms with Crippen molar-refractivity contribution in [3.8, 4) is 5.75 Å². The lowest BCUT2D eigenvalue weighted by atomic mass is 9.94. The summed E-state index contributed by atoms with van der Waals surface area (Å²) in [5, 5.41) is 12.4. The van der Waals surface area contributed by atoms with Crippen LogP contribution >= 0.6 is 0 Å². The second-order valence-electron chi connectivity index (χ2n) is 5.70. The highest BCUT2D eigenvalue weighted by atomic mass is 19.1. The molecule has 1 atom stereocenters. The zero-order chi connectivity index (χ0) is 15.9. The molecule has 5 heteroatoms. The molecule has 2 N–H and O–H groups in total. The molecule has 0 bridgehead atoms. The second-order valence-corrected chi connectivity index (χ2v) is 5.70. The van der Waals surface area contributed by atoms with E-state index in [0.29, 0.717) is 18.8 Å². The smallest absolute Gasteiger partial charge is 0.323 e. The minimum absolute atomic E-state index is 0.106. The number of ether oxygens (including phenoxy) is 1. The van der Waals surface area contributed by atoms with Crippen molar-refractivity contribution in [2.75, 3.05) is 6.61 Å². The third-order valence-corrected chi connectivity index (χ3v) is 3.22. The van der Waals surface area contributed by atoms with Crippen LogP contribution in [0.25, 0.3) is 0 Å². The van der Waals surface area contributed by atoms with Crippen molar-refractivity contribution in [3.63, 3.8) is 0 Å². The number of hydrogen-bond donors (Lipinski definition) is 2. The fourth-order valence-electron chi connectivity index (χ4n) is 2.21. The molecule has 0 aliphatic rings. The van der Waals surface area contributed by atoms with Crippen molar-refractivity contribution in [1.29, 1.82) is 0 Å². The Labute approximate surface area is 125 Å². The van der Waals surface area contributed by atoms with Crippen molar-refractivity contribution < 1.29 is 19.0 Å². The molecule has 1 rings (SSSR count). The molecule has 21 heavy (non-hydrogen) atoms. The molecule has 0 aliphatic heterocycles. The van der Waals surface area contributed by atoms with Crippen molar-refractivity contribution in [2.45, 2.75) is 51.6 Å². The quantitative estimate of drug-likeness (QED) is 0.687. The summed E-state index contributed by atoms with van der Waals surface area (Å²) in [5.74, 6) is -0.675. The number of nitrogens with one attached hydrogen (secondary N) is 1. The van der Waals surface area contributed by atoms with Crippen LogP contribution in [0.5, 0.6) is 5.75 Å². The van der Waals surface area contributed by atoms with Gasteiger partial charge in [-0.2, -0.15) is 0 Å². The standard InChI is InChI=1S/C16H24FNO3/c1-12(2)18-16(3,15(19)20)9-4-5-10-21-14-8-6-7-13(17)11-14/h6-8,11-12,18H,4-5,9-10H2,1-3H3,(H,19,20). The molecule has 0 amide bonds. The summed E-state index contributed by atoms with van der Waals surface area (Å²) in [6, 6.07) is 6.10. The van der Waals surface area contributed by atoms with Crippen molar-refractivity contribution in [1.82, 2.24) is 5.32 Å². The number of rotatable bonds is 9. The van der Waals surface area contributed by atoms with Crippen LogP contribution in [0.4, 0.5) is 4.39 Å². The second kappa shape index (κ2) is 7.98. The van der Waals surface area contributed by atoms with Crippen molar-refractivity contribution in [3.05, 3.63) is 30.1 Å². The Morgan fingerprint density at radius 2 is 2.14 bits per heavy atom. The Morgan fingerprint density at radius 1 is 1.43 bits per heavy atom. The molecule has 1 aromatic carbocycles. The van der Waals surface area contributed by atoms with Gasteiger partial charge in [0.15, 0.2) is 0 Å². The van der Waals surface area contributed by atoms with Gasteiger partial charge in [-0.15, -0.1) is 0 Å². The van der Waals surface area contributed by atoms with Crippen LogP contribution in [-0.2, 0) is 4.79 Å². The van der Waals surface area contributed by atoms with Gasteiger partial charge in [0.05, 0.1) is 6.61 Å². The minimum Gasteiger partial charge on any atom is -0.493 e. The van der Waals surface area contributed by atoms with E-state index in [0.717, 1.165) is 12.8 Å². The van der Waals surface area contributed by atoms with Gasteiger partial charge in [0, 0.05) is 12.1 Å². The van der Waals surface area contributed by atoms with Gasteiger partial charge in [0.25, 0.3) is 0 Å². The number of benzene rings is 1. The van der Waals surface area contributed by atoms with E-state index in [1.807, 2.05) is 13.8 Å². The Kier molecular flexibility index (Phi) is 6.62. The normalized spacial score (nSPS) is 14.0. The zero-order valence-corrected chi connectivity index (χ0v) is 12.9. The van der Waals surface area contributed by atoms with Crippen molar-refractivity contribution >= 4 is 5.97 Å². The third-order valence-electron chi connectivity index (χ3n) is 3.22. The molecule has 1 aromatic rings. The lowest BCUT2D eigenvalue weighted by molar-refractivity contribution is -0.144. The SMILES string of the molecule is CC(C)NC(C)(CCCCOc1cccc(F)c1)C(=O)O. The van der Waals surface area contributed by atoms with E-state index in [9.17, 15) is 14.3 Å². The largest absolute Gasteiger partial charge is 0.493 e. The van der Waals surface area contributed by atoms with Crippen LogP contribution in [0.15, 0.2) is 24.3 Å². The van der Waals surface area contributed by atoms with Crippen LogP contribution in [0, 0.1) is 5.82 Å². The maximum atomic E-state index is 13.0. The molecule has 0 radical (unpaired) electrons. The molecule has 118 valence electrons. The van der Waals surface area contributed by atoms with Crippen molar-refractivity contribution in [2.24, 2.45) is 0 Å². The predicted octanol–water partition coefficient (Wildman–Crippen LogP) is 3.22. The number of carboxylic acid groups (broad SMARTS) is 1. The van der Waals surface area contributed by atoms with Gasteiger partial charge in [-0.1, -0.05) is 6.07 Å². The van der Waals surface area contributed by atoms with Gasteiger partial charge in [-0.25, -0.2) is 4.39 Å². The summed E-state index contributed by atoms with van der Waals surface area (Å²) in [4.78, 5) is 11.3. The monoisotopic (exact) mass is 297 g/mol. The van der Waals surface area contributed by atoms with Gasteiger partial charge in [-0.3, -0.25) is 10.1 Å². The van der Waals surface area contributed by atoms with Crippen LogP contribution in [0.1, 0.15) is 40.0 Å². The van der Waals surface area contributed by atoms with Crippen LogP contribution in [-0.4, -0.2) is 29.3 Å². The van der Waals surface area contributed by atoms with E-state index >= 15 is 0 Å². The number of unbranched alkanes of at least 4 members (excludes halogenated alkanes) is 1. The van der Waals surface area contributed by atoms with E-state index in [4.69, 9.17) is 4.74 Å². The van der Waals surface area contributed by atoms with E-state index in [2.05, 4.69) is 5.32 Å². The first kappa shape index (κ1) is 17.4. The summed E-state index contributed by atoms with van der Waals surface area (Å²) in [6.07, 6.45) is 1.96. The van der Waals surface area contributed by atoms with Crippen LogP contribution in [0.2, 0.25) is 0 Å². The zero-order valence-electron chi connectivity index (χ0n) is 12.9. The van der Waals surface area contributed by atoms with Gasteiger partial charge in [0.1, 0.15) is 17.1 Å². The Balaban J connectivity index is 2.33. The van der Waals surface area contributed by atoms with E-state index < -0.39 is 11.5 Å². The predicted molar refractivity (Wildman–Crippen MR) is 80.1 cm³/mol. The highest BCUT2D eigenvalue weighted by Gasteiger charge is 2.32. The Hall–Kier alpha value is -1.62. The Bertz CT molecular complexity index is 465. The van der Waals surface area contributed by atoms with Gasteiger partial charge >= 0.3 is 5.97 Å². The third kappa shape index (κ3) is 6.12. The molecule has 0 saturated carbocycles. The average Bonchev–Trinajstić information content (AvgIpc) is 2.37. The topological polar surface area (TPSA) is 58.6 Å². The molecule has 1 unspecified atom stereocenters. The fraction of sp³-hybridized carbons (Fsp3) is 0.562. The summed E-state index contributed by atoms with van der Waals surface area (Å²) in [7, 11) is 0. The molecule has 0 aliphatic carbocycles. The maximum absolute atomic E-state index is 13.0.